The molecule has 0 aliphatic heterocycles. The minimum absolute atomic E-state index is 0.531. The van der Waals surface area contributed by atoms with Crippen LogP contribution in [0.15, 0.2) is 12.1 Å². The van der Waals surface area contributed by atoms with Crippen LogP contribution in [0.25, 0.3) is 0 Å². The Bertz CT molecular complexity index is 358. The number of methoxy groups -OCH3 is 1. The average Bonchev–Trinajstić information content (AvgIpc) is 2.32. The molecule has 0 bridgehead atoms. The summed E-state index contributed by atoms with van der Waals surface area (Å²) in [7, 11) is 1.71. The van der Waals surface area contributed by atoms with E-state index in [1.54, 1.807) is 19.2 Å². The molecule has 96 valence electrons. The Balaban J connectivity index is 2.39. The first-order valence-electron chi connectivity index (χ1n) is 5.49. The summed E-state index contributed by atoms with van der Waals surface area (Å²) >= 11 is 18.1. The molecule has 1 aromatic rings. The lowest BCUT2D eigenvalue weighted by molar-refractivity contribution is 0.192. The van der Waals surface area contributed by atoms with Gasteiger partial charge in [-0.15, -0.1) is 0 Å². The van der Waals surface area contributed by atoms with E-state index in [2.05, 4.69) is 5.32 Å². The van der Waals surface area contributed by atoms with Gasteiger partial charge in [0.15, 0.2) is 0 Å². The maximum atomic E-state index is 6.08. The van der Waals surface area contributed by atoms with Crippen molar-refractivity contribution in [3.63, 3.8) is 0 Å². The summed E-state index contributed by atoms with van der Waals surface area (Å²) in [4.78, 5) is 0. The monoisotopic (exact) mass is 295 g/mol. The van der Waals surface area contributed by atoms with Crippen LogP contribution in [0.5, 0.6) is 0 Å². The molecule has 0 saturated carbocycles. The van der Waals surface area contributed by atoms with Gasteiger partial charge in [0.25, 0.3) is 0 Å². The summed E-state index contributed by atoms with van der Waals surface area (Å²) in [5.41, 5.74) is 0.854. The fourth-order valence-electron chi connectivity index (χ4n) is 1.44. The third-order valence-corrected chi connectivity index (χ3v) is 3.59. The van der Waals surface area contributed by atoms with Crippen molar-refractivity contribution in [2.75, 3.05) is 20.3 Å². The van der Waals surface area contributed by atoms with Gasteiger partial charge in [-0.05, 0) is 31.5 Å². The summed E-state index contributed by atoms with van der Waals surface area (Å²) in [5, 5.41) is 4.99. The van der Waals surface area contributed by atoms with Gasteiger partial charge >= 0.3 is 0 Å². The molecule has 17 heavy (non-hydrogen) atoms. The van der Waals surface area contributed by atoms with Crippen molar-refractivity contribution in [2.45, 2.75) is 19.4 Å². The summed E-state index contributed by atoms with van der Waals surface area (Å²) in [6.45, 7) is 2.33. The average molecular weight is 297 g/mol. The minimum Gasteiger partial charge on any atom is -0.385 e. The van der Waals surface area contributed by atoms with Crippen LogP contribution < -0.4 is 5.32 Å². The Labute approximate surface area is 117 Å². The second-order valence-electron chi connectivity index (χ2n) is 3.70. The van der Waals surface area contributed by atoms with E-state index < -0.39 is 0 Å². The van der Waals surface area contributed by atoms with E-state index in [4.69, 9.17) is 39.5 Å². The molecule has 0 heterocycles. The fourth-order valence-corrected chi connectivity index (χ4v) is 2.12. The van der Waals surface area contributed by atoms with Gasteiger partial charge in [-0.1, -0.05) is 34.8 Å². The highest BCUT2D eigenvalue weighted by Gasteiger charge is 2.08. The highest BCUT2D eigenvalue weighted by Crippen LogP contribution is 2.31. The van der Waals surface area contributed by atoms with Crippen LogP contribution >= 0.6 is 34.8 Å². The van der Waals surface area contributed by atoms with Gasteiger partial charge in [0.1, 0.15) is 0 Å². The summed E-state index contributed by atoms with van der Waals surface area (Å²) in [5.74, 6) is 0. The van der Waals surface area contributed by atoms with Crippen molar-refractivity contribution in [3.05, 3.63) is 32.8 Å². The van der Waals surface area contributed by atoms with Gasteiger partial charge in [-0.2, -0.15) is 0 Å². The van der Waals surface area contributed by atoms with E-state index in [0.29, 0.717) is 21.6 Å². The van der Waals surface area contributed by atoms with E-state index in [9.17, 15) is 0 Å². The molecular formula is C12H16Cl3NO. The van der Waals surface area contributed by atoms with Gasteiger partial charge in [0, 0.05) is 30.8 Å². The molecule has 0 atom stereocenters. The van der Waals surface area contributed by atoms with Crippen LogP contribution in [0.3, 0.4) is 0 Å². The Morgan fingerprint density at radius 1 is 1.12 bits per heavy atom. The van der Waals surface area contributed by atoms with Crippen molar-refractivity contribution in [1.82, 2.24) is 5.32 Å². The first kappa shape index (κ1) is 15.1. The van der Waals surface area contributed by atoms with Crippen molar-refractivity contribution < 1.29 is 4.74 Å². The number of benzene rings is 1. The highest BCUT2D eigenvalue weighted by molar-refractivity contribution is 6.44. The topological polar surface area (TPSA) is 21.3 Å². The zero-order valence-electron chi connectivity index (χ0n) is 9.73. The molecule has 2 nitrogen and oxygen atoms in total. The number of rotatable bonds is 7. The molecule has 1 N–H and O–H groups in total. The predicted octanol–water partition coefficient (Wildman–Crippen LogP) is 4.16. The zero-order valence-corrected chi connectivity index (χ0v) is 12.0. The summed E-state index contributed by atoms with van der Waals surface area (Å²) in [6.07, 6.45) is 2.10. The van der Waals surface area contributed by atoms with Crippen LogP contribution in [0, 0.1) is 0 Å². The lowest BCUT2D eigenvalue weighted by atomic mass is 10.2. The number of hydrogen-bond donors (Lipinski definition) is 1. The van der Waals surface area contributed by atoms with Crippen molar-refractivity contribution in [3.8, 4) is 0 Å². The van der Waals surface area contributed by atoms with Crippen LogP contribution in [0.2, 0.25) is 15.1 Å². The number of ether oxygens (including phenoxy) is 1. The van der Waals surface area contributed by atoms with E-state index in [1.807, 2.05) is 0 Å². The smallest absolute Gasteiger partial charge is 0.0652 e. The fraction of sp³-hybridized carbons (Fsp3) is 0.500. The molecule has 0 fully saturated rings. The molecule has 1 aromatic carbocycles. The largest absolute Gasteiger partial charge is 0.385 e. The Hall–Kier alpha value is 0.01000. The summed E-state index contributed by atoms with van der Waals surface area (Å²) < 4.78 is 4.97. The van der Waals surface area contributed by atoms with Gasteiger partial charge in [0.05, 0.1) is 10.0 Å². The lowest BCUT2D eigenvalue weighted by Gasteiger charge is -2.09. The molecular weight excluding hydrogens is 280 g/mol. The van der Waals surface area contributed by atoms with Crippen LogP contribution in [0.4, 0.5) is 0 Å². The molecule has 0 aromatic heterocycles. The molecule has 0 radical (unpaired) electrons. The number of nitrogens with one attached hydrogen (secondary N) is 1. The quantitative estimate of drug-likeness (QED) is 0.602. The van der Waals surface area contributed by atoms with Gasteiger partial charge < -0.3 is 10.1 Å². The number of hydrogen-bond acceptors (Lipinski definition) is 2. The molecule has 0 amide bonds. The highest BCUT2D eigenvalue weighted by atomic mass is 35.5. The molecule has 5 heteroatoms. The van der Waals surface area contributed by atoms with Crippen molar-refractivity contribution >= 4 is 34.8 Å². The van der Waals surface area contributed by atoms with E-state index in [0.717, 1.165) is 31.6 Å². The minimum atomic E-state index is 0.531. The first-order chi connectivity index (χ1) is 8.16. The molecule has 0 unspecified atom stereocenters. The lowest BCUT2D eigenvalue weighted by Crippen LogP contribution is -2.15. The molecule has 0 aliphatic rings. The Morgan fingerprint density at radius 2 is 1.82 bits per heavy atom. The van der Waals surface area contributed by atoms with Gasteiger partial charge in [-0.3, -0.25) is 0 Å². The first-order valence-corrected chi connectivity index (χ1v) is 6.62. The third-order valence-electron chi connectivity index (χ3n) is 2.39. The van der Waals surface area contributed by atoms with Crippen LogP contribution in [-0.4, -0.2) is 20.3 Å². The molecule has 0 saturated heterocycles. The van der Waals surface area contributed by atoms with E-state index in [-0.39, 0.29) is 0 Å². The number of unbranched alkanes of at least 4 members (excludes halogenated alkanes) is 1. The van der Waals surface area contributed by atoms with Crippen molar-refractivity contribution in [2.24, 2.45) is 0 Å². The third kappa shape index (κ3) is 5.02. The standard InChI is InChI=1S/C12H16Cl3NO/c1-17-7-3-2-6-16-8-9-10(13)4-5-11(14)12(9)15/h4-5,16H,2-3,6-8H2,1H3. The molecule has 1 rings (SSSR count). The second kappa shape index (κ2) is 8.17. The number of halogens is 3. The van der Waals surface area contributed by atoms with Crippen molar-refractivity contribution in [1.29, 1.82) is 0 Å². The zero-order chi connectivity index (χ0) is 12.7. The predicted molar refractivity (Wildman–Crippen MR) is 74.3 cm³/mol. The maximum Gasteiger partial charge on any atom is 0.0652 e. The van der Waals surface area contributed by atoms with E-state index >= 15 is 0 Å². The Kier molecular flexibility index (Phi) is 7.24. The second-order valence-corrected chi connectivity index (χ2v) is 4.89. The Morgan fingerprint density at radius 3 is 2.53 bits per heavy atom. The normalized spacial score (nSPS) is 10.8. The molecule has 0 aliphatic carbocycles. The SMILES string of the molecule is COCCCCNCc1c(Cl)ccc(Cl)c1Cl. The van der Waals surface area contributed by atoms with Gasteiger partial charge in [-0.25, -0.2) is 0 Å². The maximum absolute atomic E-state index is 6.08. The van der Waals surface area contributed by atoms with Crippen LogP contribution in [0.1, 0.15) is 18.4 Å². The van der Waals surface area contributed by atoms with Gasteiger partial charge in [0.2, 0.25) is 0 Å². The van der Waals surface area contributed by atoms with E-state index in [1.165, 1.54) is 0 Å². The summed E-state index contributed by atoms with van der Waals surface area (Å²) in [6, 6.07) is 3.46. The molecule has 0 spiro atoms. The van der Waals surface area contributed by atoms with Crippen LogP contribution in [-0.2, 0) is 11.3 Å².